The summed E-state index contributed by atoms with van der Waals surface area (Å²) >= 11 is 5.89. The van der Waals surface area contributed by atoms with Gasteiger partial charge in [-0.2, -0.15) is 0 Å². The number of amides is 1. The first-order chi connectivity index (χ1) is 11.0. The van der Waals surface area contributed by atoms with Gasteiger partial charge in [0.05, 0.1) is 0 Å². The van der Waals surface area contributed by atoms with E-state index in [9.17, 15) is 15.0 Å². The van der Waals surface area contributed by atoms with Crippen LogP contribution in [0.4, 0.5) is 0 Å². The second-order valence-electron chi connectivity index (χ2n) is 5.35. The van der Waals surface area contributed by atoms with E-state index in [2.05, 4.69) is 11.8 Å². The van der Waals surface area contributed by atoms with Crippen LogP contribution in [0, 0.1) is 11.8 Å². The number of carbonyl (C=O) groups excluding carboxylic acids is 1. The number of nitrogens with zero attached hydrogens (tertiary/aromatic N) is 1. The van der Waals surface area contributed by atoms with Gasteiger partial charge in [0.15, 0.2) is 11.5 Å². The van der Waals surface area contributed by atoms with Crippen molar-refractivity contribution in [3.8, 4) is 23.3 Å². The van der Waals surface area contributed by atoms with Gasteiger partial charge in [-0.15, -0.1) is 0 Å². The lowest BCUT2D eigenvalue weighted by Gasteiger charge is -2.27. The number of aromatic hydroxyl groups is 2. The van der Waals surface area contributed by atoms with Gasteiger partial charge in [0.25, 0.3) is 5.91 Å². The topological polar surface area (TPSA) is 60.8 Å². The summed E-state index contributed by atoms with van der Waals surface area (Å²) in [6.07, 6.45) is 0.619. The van der Waals surface area contributed by atoms with Gasteiger partial charge in [0, 0.05) is 29.6 Å². The van der Waals surface area contributed by atoms with Gasteiger partial charge >= 0.3 is 0 Å². The summed E-state index contributed by atoms with van der Waals surface area (Å²) in [4.78, 5) is 13.8. The second kappa shape index (κ2) is 6.23. The molecule has 116 valence electrons. The molecule has 0 bridgehead atoms. The first-order valence-corrected chi connectivity index (χ1v) is 7.51. The van der Waals surface area contributed by atoms with Crippen LogP contribution < -0.4 is 0 Å². The van der Waals surface area contributed by atoms with Gasteiger partial charge in [-0.05, 0) is 47.9 Å². The van der Waals surface area contributed by atoms with Crippen LogP contribution >= 0.6 is 11.6 Å². The molecule has 5 heteroatoms. The molecule has 1 aliphatic rings. The predicted octanol–water partition coefficient (Wildman–Crippen LogP) is 2.69. The first kappa shape index (κ1) is 15.3. The van der Waals surface area contributed by atoms with Crippen LogP contribution in [0.1, 0.15) is 16.7 Å². The number of hydrogen-bond donors (Lipinski definition) is 2. The second-order valence-corrected chi connectivity index (χ2v) is 5.78. The Morgan fingerprint density at radius 1 is 1.13 bits per heavy atom. The number of benzene rings is 2. The summed E-state index contributed by atoms with van der Waals surface area (Å²) in [5, 5.41) is 19.7. The van der Waals surface area contributed by atoms with E-state index in [-0.39, 0.29) is 17.4 Å². The van der Waals surface area contributed by atoms with Crippen molar-refractivity contribution in [3.05, 3.63) is 58.1 Å². The lowest BCUT2D eigenvalue weighted by atomic mass is 9.99. The molecule has 2 aromatic rings. The van der Waals surface area contributed by atoms with E-state index in [1.165, 1.54) is 6.07 Å². The zero-order chi connectivity index (χ0) is 16.4. The van der Waals surface area contributed by atoms with Crippen molar-refractivity contribution in [1.82, 2.24) is 4.90 Å². The summed E-state index contributed by atoms with van der Waals surface area (Å²) < 4.78 is 0. The number of halogens is 1. The van der Waals surface area contributed by atoms with E-state index in [1.54, 1.807) is 35.2 Å². The maximum Gasteiger partial charge on any atom is 0.299 e. The molecule has 0 aliphatic carbocycles. The SMILES string of the molecule is O=C(C#Cc1cccc(Cl)c1)N1CCc2cc(O)c(O)cc2C1. The van der Waals surface area contributed by atoms with Crippen LogP contribution in [-0.4, -0.2) is 27.6 Å². The monoisotopic (exact) mass is 327 g/mol. The molecule has 23 heavy (non-hydrogen) atoms. The third kappa shape index (κ3) is 3.41. The van der Waals surface area contributed by atoms with Gasteiger partial charge in [-0.1, -0.05) is 23.6 Å². The maximum absolute atomic E-state index is 12.2. The Hall–Kier alpha value is -2.64. The Labute approximate surface area is 138 Å². The molecule has 2 aromatic carbocycles. The van der Waals surface area contributed by atoms with Crippen LogP contribution in [0.3, 0.4) is 0 Å². The first-order valence-electron chi connectivity index (χ1n) is 7.13. The third-order valence-electron chi connectivity index (χ3n) is 3.73. The fraction of sp³-hybridized carbons (Fsp3) is 0.167. The highest BCUT2D eigenvalue weighted by atomic mass is 35.5. The zero-order valence-corrected chi connectivity index (χ0v) is 13.0. The molecule has 0 fully saturated rings. The van der Waals surface area contributed by atoms with E-state index >= 15 is 0 Å². The lowest BCUT2D eigenvalue weighted by Crippen LogP contribution is -2.35. The van der Waals surface area contributed by atoms with Crippen LogP contribution in [0.25, 0.3) is 0 Å². The highest BCUT2D eigenvalue weighted by Gasteiger charge is 2.21. The number of hydrogen-bond acceptors (Lipinski definition) is 3. The molecule has 0 aromatic heterocycles. The van der Waals surface area contributed by atoms with E-state index < -0.39 is 0 Å². The Balaban J connectivity index is 1.76. The highest BCUT2D eigenvalue weighted by Crippen LogP contribution is 2.31. The molecule has 0 spiro atoms. The largest absolute Gasteiger partial charge is 0.504 e. The van der Waals surface area contributed by atoms with Crippen molar-refractivity contribution in [2.45, 2.75) is 13.0 Å². The molecule has 2 N–H and O–H groups in total. The summed E-state index contributed by atoms with van der Waals surface area (Å²) in [5.74, 6) is 4.84. The summed E-state index contributed by atoms with van der Waals surface area (Å²) in [6, 6.07) is 10.1. The standard InChI is InChI=1S/C18H14ClNO3/c19-15-3-1-2-12(8-15)4-5-18(23)20-7-6-13-9-16(21)17(22)10-14(13)11-20/h1-3,8-10,21-22H,6-7,11H2. The van der Waals surface area contributed by atoms with Crippen molar-refractivity contribution in [2.24, 2.45) is 0 Å². The van der Waals surface area contributed by atoms with E-state index in [0.29, 0.717) is 30.1 Å². The minimum atomic E-state index is -0.275. The Morgan fingerprint density at radius 2 is 1.87 bits per heavy atom. The molecule has 1 aliphatic heterocycles. The van der Waals surface area contributed by atoms with Crippen LogP contribution in [0.5, 0.6) is 11.5 Å². The minimum absolute atomic E-state index is 0.135. The fourth-order valence-electron chi connectivity index (χ4n) is 2.53. The minimum Gasteiger partial charge on any atom is -0.504 e. The predicted molar refractivity (Wildman–Crippen MR) is 87.2 cm³/mol. The van der Waals surface area contributed by atoms with Gasteiger partial charge in [-0.3, -0.25) is 4.79 Å². The quantitative estimate of drug-likeness (QED) is 0.577. The summed E-state index contributed by atoms with van der Waals surface area (Å²) in [6.45, 7) is 0.895. The smallest absolute Gasteiger partial charge is 0.299 e. The number of rotatable bonds is 0. The van der Waals surface area contributed by atoms with Gasteiger partial charge in [0.1, 0.15) is 0 Å². The lowest BCUT2D eigenvalue weighted by molar-refractivity contribution is -0.125. The Morgan fingerprint density at radius 3 is 2.61 bits per heavy atom. The van der Waals surface area contributed by atoms with Gasteiger partial charge in [0.2, 0.25) is 0 Å². The zero-order valence-electron chi connectivity index (χ0n) is 12.2. The average molecular weight is 328 g/mol. The van der Waals surface area contributed by atoms with Crippen molar-refractivity contribution in [1.29, 1.82) is 0 Å². The number of fused-ring (bicyclic) bond motifs is 1. The van der Waals surface area contributed by atoms with Crippen molar-refractivity contribution in [3.63, 3.8) is 0 Å². The molecule has 1 amide bonds. The molecule has 0 atom stereocenters. The van der Waals surface area contributed by atoms with Crippen LogP contribution in [0.15, 0.2) is 36.4 Å². The Kier molecular flexibility index (Phi) is 4.14. The van der Waals surface area contributed by atoms with Crippen molar-refractivity contribution in [2.75, 3.05) is 6.54 Å². The highest BCUT2D eigenvalue weighted by molar-refractivity contribution is 6.30. The summed E-state index contributed by atoms with van der Waals surface area (Å²) in [5.41, 5.74) is 2.45. The molecule has 4 nitrogen and oxygen atoms in total. The summed E-state index contributed by atoms with van der Waals surface area (Å²) in [7, 11) is 0. The van der Waals surface area contributed by atoms with Crippen LogP contribution in [0.2, 0.25) is 5.02 Å². The number of phenols is 2. The normalized spacial score (nSPS) is 13.0. The van der Waals surface area contributed by atoms with Crippen molar-refractivity contribution >= 4 is 17.5 Å². The van der Waals surface area contributed by atoms with E-state index in [1.807, 2.05) is 0 Å². The number of carbonyl (C=O) groups is 1. The number of phenolic OH excluding ortho intramolecular Hbond substituents is 2. The van der Waals surface area contributed by atoms with Crippen LogP contribution in [-0.2, 0) is 17.8 Å². The molecule has 0 radical (unpaired) electrons. The van der Waals surface area contributed by atoms with Gasteiger partial charge < -0.3 is 15.1 Å². The molecule has 1 heterocycles. The molecule has 3 rings (SSSR count). The molecule has 0 saturated carbocycles. The molecular formula is C18H14ClNO3. The van der Waals surface area contributed by atoms with Crippen molar-refractivity contribution < 1.29 is 15.0 Å². The molecule has 0 saturated heterocycles. The molecular weight excluding hydrogens is 314 g/mol. The maximum atomic E-state index is 12.2. The average Bonchev–Trinajstić information content (AvgIpc) is 2.53. The Bertz CT molecular complexity index is 836. The molecule has 0 unspecified atom stereocenters. The van der Waals surface area contributed by atoms with E-state index in [4.69, 9.17) is 11.6 Å². The fourth-order valence-corrected chi connectivity index (χ4v) is 2.72. The van der Waals surface area contributed by atoms with E-state index in [0.717, 1.165) is 11.1 Å². The third-order valence-corrected chi connectivity index (χ3v) is 3.97. The van der Waals surface area contributed by atoms with Gasteiger partial charge in [-0.25, -0.2) is 0 Å².